The maximum atomic E-state index is 12.9. The molecule has 0 fully saturated rings. The fourth-order valence-electron chi connectivity index (χ4n) is 2.01. The molecule has 2 aromatic carbocycles. The molecular formula is C16H11ClF3N3O3. The minimum atomic E-state index is -4.67. The zero-order valence-corrected chi connectivity index (χ0v) is 13.6. The number of benzene rings is 2. The third-order valence-corrected chi connectivity index (χ3v) is 3.51. The van der Waals surface area contributed by atoms with E-state index in [1.165, 1.54) is 35.8 Å². The van der Waals surface area contributed by atoms with Gasteiger partial charge in [0.15, 0.2) is 0 Å². The van der Waals surface area contributed by atoms with Crippen molar-refractivity contribution in [1.29, 1.82) is 0 Å². The molecule has 6 nitrogen and oxygen atoms in total. The third-order valence-electron chi connectivity index (χ3n) is 3.20. The largest absolute Gasteiger partial charge is 0.417 e. The molecule has 0 bridgehead atoms. The number of hydrogen-bond acceptors (Lipinski definition) is 4. The standard InChI is InChI=1S/C16H11ClF3N3O3/c17-13-7-9(5-6-11(13)15(25)23-26)8-21-22-14(24)10-3-1-2-4-12(10)16(18,19)20/h1-8,26H,(H,22,24)(H,23,25)/b21-8+. The van der Waals surface area contributed by atoms with Crippen LogP contribution < -0.4 is 10.9 Å². The molecule has 136 valence electrons. The fraction of sp³-hybridized carbons (Fsp3) is 0.0625. The number of carbonyl (C=O) groups is 2. The molecular weight excluding hydrogens is 375 g/mol. The number of amides is 2. The smallest absolute Gasteiger partial charge is 0.288 e. The monoisotopic (exact) mass is 385 g/mol. The number of carbonyl (C=O) groups excluding carboxylic acids is 2. The molecule has 0 saturated carbocycles. The molecule has 0 radical (unpaired) electrons. The maximum absolute atomic E-state index is 12.9. The highest BCUT2D eigenvalue weighted by Gasteiger charge is 2.34. The van der Waals surface area contributed by atoms with Gasteiger partial charge in [-0.25, -0.2) is 10.9 Å². The normalized spacial score (nSPS) is 11.4. The van der Waals surface area contributed by atoms with Crippen LogP contribution in [-0.4, -0.2) is 23.2 Å². The minimum absolute atomic E-state index is 0.00856. The Labute approximate surface area is 150 Å². The lowest BCUT2D eigenvalue weighted by atomic mass is 10.1. The first kappa shape index (κ1) is 19.4. The first-order chi connectivity index (χ1) is 12.2. The summed E-state index contributed by atoms with van der Waals surface area (Å²) >= 11 is 5.87. The number of hydroxylamine groups is 1. The van der Waals surface area contributed by atoms with E-state index in [0.29, 0.717) is 5.56 Å². The lowest BCUT2D eigenvalue weighted by molar-refractivity contribution is -0.137. The summed E-state index contributed by atoms with van der Waals surface area (Å²) < 4.78 is 38.7. The third kappa shape index (κ3) is 4.58. The van der Waals surface area contributed by atoms with Crippen LogP contribution in [0.5, 0.6) is 0 Å². The molecule has 2 aromatic rings. The predicted octanol–water partition coefficient (Wildman–Crippen LogP) is 3.24. The molecule has 3 N–H and O–H groups in total. The van der Waals surface area contributed by atoms with Crippen LogP contribution in [0.1, 0.15) is 31.8 Å². The predicted molar refractivity (Wildman–Crippen MR) is 87.2 cm³/mol. The van der Waals surface area contributed by atoms with Gasteiger partial charge < -0.3 is 0 Å². The molecule has 0 unspecified atom stereocenters. The van der Waals surface area contributed by atoms with Crippen molar-refractivity contribution in [3.05, 3.63) is 69.7 Å². The average molecular weight is 386 g/mol. The second-order valence-electron chi connectivity index (χ2n) is 4.92. The van der Waals surface area contributed by atoms with Crippen molar-refractivity contribution in [1.82, 2.24) is 10.9 Å². The van der Waals surface area contributed by atoms with Crippen LogP contribution in [-0.2, 0) is 6.18 Å². The van der Waals surface area contributed by atoms with Gasteiger partial charge in [-0.2, -0.15) is 18.3 Å². The molecule has 26 heavy (non-hydrogen) atoms. The Kier molecular flexibility index (Phi) is 5.96. The molecule has 2 amide bonds. The number of nitrogens with one attached hydrogen (secondary N) is 2. The Morgan fingerprint density at radius 1 is 1.08 bits per heavy atom. The Hall–Kier alpha value is -2.91. The number of rotatable bonds is 4. The van der Waals surface area contributed by atoms with Gasteiger partial charge in [-0.1, -0.05) is 29.8 Å². The van der Waals surface area contributed by atoms with Gasteiger partial charge in [-0.15, -0.1) is 0 Å². The maximum Gasteiger partial charge on any atom is 0.417 e. The van der Waals surface area contributed by atoms with Gasteiger partial charge in [0.1, 0.15) is 0 Å². The van der Waals surface area contributed by atoms with E-state index in [9.17, 15) is 22.8 Å². The van der Waals surface area contributed by atoms with Crippen molar-refractivity contribution in [2.75, 3.05) is 0 Å². The molecule has 0 saturated heterocycles. The highest BCUT2D eigenvalue weighted by atomic mass is 35.5. The van der Waals surface area contributed by atoms with E-state index in [1.54, 1.807) is 0 Å². The van der Waals surface area contributed by atoms with Gasteiger partial charge in [0.2, 0.25) is 0 Å². The summed E-state index contributed by atoms with van der Waals surface area (Å²) in [6.07, 6.45) is -3.53. The summed E-state index contributed by atoms with van der Waals surface area (Å²) in [5.74, 6) is -1.84. The Morgan fingerprint density at radius 3 is 2.38 bits per heavy atom. The summed E-state index contributed by atoms with van der Waals surface area (Å²) in [5.41, 5.74) is 2.16. The molecule has 10 heteroatoms. The van der Waals surface area contributed by atoms with Gasteiger partial charge in [0.25, 0.3) is 11.8 Å². The van der Waals surface area contributed by atoms with Crippen molar-refractivity contribution in [3.63, 3.8) is 0 Å². The van der Waals surface area contributed by atoms with Gasteiger partial charge in [0.05, 0.1) is 27.9 Å². The van der Waals surface area contributed by atoms with E-state index >= 15 is 0 Å². The highest BCUT2D eigenvalue weighted by Crippen LogP contribution is 2.31. The molecule has 0 aliphatic heterocycles. The van der Waals surface area contributed by atoms with E-state index in [2.05, 4.69) is 5.10 Å². The number of nitrogens with zero attached hydrogens (tertiary/aromatic N) is 1. The first-order valence-corrected chi connectivity index (χ1v) is 7.35. The number of alkyl halides is 3. The number of hydrogen-bond donors (Lipinski definition) is 3. The van der Waals surface area contributed by atoms with E-state index in [1.807, 2.05) is 5.43 Å². The van der Waals surface area contributed by atoms with Crippen molar-refractivity contribution in [2.24, 2.45) is 5.10 Å². The van der Waals surface area contributed by atoms with Gasteiger partial charge in [-0.3, -0.25) is 14.8 Å². The SMILES string of the molecule is O=C(NO)c1ccc(/C=N/NC(=O)c2ccccc2C(F)(F)F)cc1Cl. The summed E-state index contributed by atoms with van der Waals surface area (Å²) in [6, 6.07) is 8.35. The van der Waals surface area contributed by atoms with Crippen LogP contribution in [0, 0.1) is 0 Å². The van der Waals surface area contributed by atoms with Crippen molar-refractivity contribution < 1.29 is 28.0 Å². The van der Waals surface area contributed by atoms with Crippen LogP contribution >= 0.6 is 11.6 Å². The van der Waals surface area contributed by atoms with Crippen molar-refractivity contribution in [2.45, 2.75) is 6.18 Å². The first-order valence-electron chi connectivity index (χ1n) is 6.97. The summed E-state index contributed by atoms with van der Waals surface area (Å²) in [5, 5.41) is 12.1. The number of halogens is 4. The van der Waals surface area contributed by atoms with E-state index < -0.39 is 29.1 Å². The lowest BCUT2D eigenvalue weighted by Gasteiger charge is -2.10. The molecule has 0 heterocycles. The summed E-state index contributed by atoms with van der Waals surface area (Å²) in [7, 11) is 0. The van der Waals surface area contributed by atoms with Crippen LogP contribution in [0.4, 0.5) is 13.2 Å². The number of hydrazone groups is 1. The molecule has 0 aromatic heterocycles. The zero-order valence-electron chi connectivity index (χ0n) is 12.8. The lowest BCUT2D eigenvalue weighted by Crippen LogP contribution is -2.22. The Morgan fingerprint density at radius 2 is 1.77 bits per heavy atom. The van der Waals surface area contributed by atoms with Crippen LogP contribution in [0.25, 0.3) is 0 Å². The van der Waals surface area contributed by atoms with Crippen LogP contribution in [0.15, 0.2) is 47.6 Å². The van der Waals surface area contributed by atoms with Crippen LogP contribution in [0.2, 0.25) is 5.02 Å². The van der Waals surface area contributed by atoms with Gasteiger partial charge >= 0.3 is 6.18 Å². The zero-order chi connectivity index (χ0) is 19.3. The van der Waals surface area contributed by atoms with Gasteiger partial charge in [0, 0.05) is 0 Å². The molecule has 0 aliphatic carbocycles. The van der Waals surface area contributed by atoms with Gasteiger partial charge in [-0.05, 0) is 29.8 Å². The second kappa shape index (κ2) is 7.98. The van der Waals surface area contributed by atoms with E-state index in [4.69, 9.17) is 16.8 Å². The Balaban J connectivity index is 2.13. The van der Waals surface area contributed by atoms with E-state index in [0.717, 1.165) is 18.3 Å². The molecule has 0 spiro atoms. The summed E-state index contributed by atoms with van der Waals surface area (Å²) in [6.45, 7) is 0. The highest BCUT2D eigenvalue weighted by molar-refractivity contribution is 6.34. The average Bonchev–Trinajstić information content (AvgIpc) is 2.60. The van der Waals surface area contributed by atoms with Crippen LogP contribution in [0.3, 0.4) is 0 Å². The molecule has 2 rings (SSSR count). The Bertz CT molecular complexity index is 869. The minimum Gasteiger partial charge on any atom is -0.288 e. The van der Waals surface area contributed by atoms with Crippen molar-refractivity contribution >= 4 is 29.6 Å². The second-order valence-corrected chi connectivity index (χ2v) is 5.33. The van der Waals surface area contributed by atoms with Crippen molar-refractivity contribution in [3.8, 4) is 0 Å². The quantitative estimate of drug-likeness (QED) is 0.428. The molecule has 0 aliphatic rings. The fourth-order valence-corrected chi connectivity index (χ4v) is 2.28. The topological polar surface area (TPSA) is 90.8 Å². The molecule has 0 atom stereocenters. The summed E-state index contributed by atoms with van der Waals surface area (Å²) in [4.78, 5) is 23.2. The van der Waals surface area contributed by atoms with E-state index in [-0.39, 0.29) is 10.6 Å².